The van der Waals surface area contributed by atoms with Gasteiger partial charge in [0.25, 0.3) is 11.6 Å². The summed E-state index contributed by atoms with van der Waals surface area (Å²) in [7, 11) is 0. The van der Waals surface area contributed by atoms with Crippen LogP contribution in [0.2, 0.25) is 0 Å². The molecule has 1 aromatic heterocycles. The van der Waals surface area contributed by atoms with Gasteiger partial charge < -0.3 is 13.9 Å². The number of hydrogen-bond donors (Lipinski definition) is 1. The van der Waals surface area contributed by atoms with Gasteiger partial charge in [-0.15, -0.1) is 0 Å². The Bertz CT molecular complexity index is 1130. The molecule has 0 bridgehead atoms. The monoisotopic (exact) mass is 393 g/mol. The van der Waals surface area contributed by atoms with E-state index in [9.17, 15) is 14.9 Å². The second-order valence-electron chi connectivity index (χ2n) is 6.23. The molecule has 0 saturated heterocycles. The van der Waals surface area contributed by atoms with E-state index in [4.69, 9.17) is 13.9 Å². The Labute approximate surface area is 164 Å². The Hall–Kier alpha value is -4.14. The lowest BCUT2D eigenvalue weighted by Crippen LogP contribution is -2.17. The molecule has 9 heteroatoms. The molecule has 0 atom stereocenters. The molecule has 1 amide bonds. The third kappa shape index (κ3) is 3.79. The second kappa shape index (κ2) is 7.47. The first-order valence-corrected chi connectivity index (χ1v) is 8.59. The molecular weight excluding hydrogens is 378 g/mol. The van der Waals surface area contributed by atoms with Crippen molar-refractivity contribution in [3.05, 3.63) is 75.5 Å². The zero-order valence-electron chi connectivity index (χ0n) is 15.2. The van der Waals surface area contributed by atoms with Crippen LogP contribution in [0.25, 0.3) is 11.3 Å². The maximum atomic E-state index is 12.2. The molecule has 1 aliphatic heterocycles. The minimum atomic E-state index is -0.458. The summed E-state index contributed by atoms with van der Waals surface area (Å²) in [4.78, 5) is 22.7. The number of benzene rings is 2. The van der Waals surface area contributed by atoms with Gasteiger partial charge in [-0.1, -0.05) is 6.07 Å². The zero-order chi connectivity index (χ0) is 20.4. The smallest absolute Gasteiger partial charge is 0.271 e. The van der Waals surface area contributed by atoms with Crippen molar-refractivity contribution in [2.24, 2.45) is 5.10 Å². The van der Waals surface area contributed by atoms with Gasteiger partial charge in [0, 0.05) is 23.3 Å². The fourth-order valence-corrected chi connectivity index (χ4v) is 2.81. The number of nitro groups is 1. The Morgan fingerprint density at radius 3 is 2.79 bits per heavy atom. The first kappa shape index (κ1) is 18.2. The maximum Gasteiger partial charge on any atom is 0.271 e. The fraction of sp³-hybridized carbons (Fsp3) is 0.100. The molecule has 146 valence electrons. The Kier molecular flexibility index (Phi) is 4.70. The standard InChI is InChI=1S/C20H15N3O6/c1-12-2-4-14(23(25)26)9-16(12)17-7-5-15(29-17)10-21-22-20(24)13-3-6-18-19(8-13)28-11-27-18/h2-10H,11H2,1H3,(H,22,24). The van der Waals surface area contributed by atoms with E-state index in [0.29, 0.717) is 34.1 Å². The first-order chi connectivity index (χ1) is 14.0. The Morgan fingerprint density at radius 2 is 1.97 bits per heavy atom. The summed E-state index contributed by atoms with van der Waals surface area (Å²) in [6.45, 7) is 1.96. The highest BCUT2D eigenvalue weighted by molar-refractivity contribution is 5.95. The van der Waals surface area contributed by atoms with Crippen LogP contribution in [-0.2, 0) is 0 Å². The van der Waals surface area contributed by atoms with Crippen LogP contribution in [0.1, 0.15) is 21.7 Å². The third-order valence-electron chi connectivity index (χ3n) is 4.32. The molecule has 1 aliphatic rings. The van der Waals surface area contributed by atoms with Gasteiger partial charge >= 0.3 is 0 Å². The number of aryl methyl sites for hydroxylation is 1. The number of ether oxygens (including phenoxy) is 2. The molecule has 2 aromatic carbocycles. The lowest BCUT2D eigenvalue weighted by Gasteiger charge is -2.02. The predicted molar refractivity (Wildman–Crippen MR) is 103 cm³/mol. The van der Waals surface area contributed by atoms with E-state index in [1.807, 2.05) is 6.92 Å². The number of amides is 1. The molecule has 0 radical (unpaired) electrons. The zero-order valence-corrected chi connectivity index (χ0v) is 15.2. The normalized spacial score (nSPS) is 12.3. The Balaban J connectivity index is 1.45. The van der Waals surface area contributed by atoms with Gasteiger partial charge in [0.1, 0.15) is 11.5 Å². The summed E-state index contributed by atoms with van der Waals surface area (Å²) in [5, 5.41) is 14.9. The topological polar surface area (TPSA) is 116 Å². The van der Waals surface area contributed by atoms with Crippen LogP contribution in [-0.4, -0.2) is 23.8 Å². The van der Waals surface area contributed by atoms with Gasteiger partial charge in [-0.05, 0) is 42.8 Å². The van der Waals surface area contributed by atoms with Crippen molar-refractivity contribution >= 4 is 17.8 Å². The van der Waals surface area contributed by atoms with Gasteiger partial charge in [0.2, 0.25) is 6.79 Å². The highest BCUT2D eigenvalue weighted by atomic mass is 16.7. The quantitative estimate of drug-likeness (QED) is 0.402. The van der Waals surface area contributed by atoms with Crippen LogP contribution in [0.4, 0.5) is 5.69 Å². The molecule has 2 heterocycles. The number of fused-ring (bicyclic) bond motifs is 1. The van der Waals surface area contributed by atoms with Gasteiger partial charge in [0.05, 0.1) is 11.1 Å². The molecule has 0 unspecified atom stereocenters. The maximum absolute atomic E-state index is 12.2. The third-order valence-corrected chi connectivity index (χ3v) is 4.32. The number of hydrogen-bond acceptors (Lipinski definition) is 7. The van der Waals surface area contributed by atoms with Crippen molar-refractivity contribution in [3.8, 4) is 22.8 Å². The van der Waals surface area contributed by atoms with Crippen LogP contribution in [0.15, 0.2) is 58.0 Å². The number of carbonyl (C=O) groups excluding carboxylic acids is 1. The largest absolute Gasteiger partial charge is 0.455 e. The van der Waals surface area contributed by atoms with Crippen molar-refractivity contribution in [2.75, 3.05) is 6.79 Å². The van der Waals surface area contributed by atoms with E-state index in [1.54, 1.807) is 36.4 Å². The van der Waals surface area contributed by atoms with Crippen molar-refractivity contribution in [1.29, 1.82) is 0 Å². The number of nitrogens with one attached hydrogen (secondary N) is 1. The average Bonchev–Trinajstić information content (AvgIpc) is 3.36. The minimum Gasteiger partial charge on any atom is -0.455 e. The van der Waals surface area contributed by atoms with Crippen LogP contribution >= 0.6 is 0 Å². The van der Waals surface area contributed by atoms with Crippen LogP contribution in [0.5, 0.6) is 11.5 Å². The summed E-state index contributed by atoms with van der Waals surface area (Å²) in [6, 6.07) is 12.7. The fourth-order valence-electron chi connectivity index (χ4n) is 2.81. The molecular formula is C20H15N3O6. The molecule has 0 spiro atoms. The van der Waals surface area contributed by atoms with Crippen molar-refractivity contribution in [3.63, 3.8) is 0 Å². The highest BCUT2D eigenvalue weighted by Gasteiger charge is 2.16. The number of nitrogens with zero attached hydrogens (tertiary/aromatic N) is 2. The van der Waals surface area contributed by atoms with Crippen molar-refractivity contribution < 1.29 is 23.6 Å². The molecule has 0 aliphatic carbocycles. The second-order valence-corrected chi connectivity index (χ2v) is 6.23. The number of non-ortho nitro benzene ring substituents is 1. The molecule has 29 heavy (non-hydrogen) atoms. The van der Waals surface area contributed by atoms with E-state index < -0.39 is 10.8 Å². The van der Waals surface area contributed by atoms with Gasteiger partial charge in [0.15, 0.2) is 11.5 Å². The lowest BCUT2D eigenvalue weighted by atomic mass is 10.1. The number of nitro benzene ring substituents is 1. The molecule has 1 N–H and O–H groups in total. The summed E-state index contributed by atoms with van der Waals surface area (Å²) < 4.78 is 16.1. The van der Waals surface area contributed by atoms with Crippen LogP contribution in [0, 0.1) is 17.0 Å². The minimum absolute atomic E-state index is 0.0202. The predicted octanol–water partition coefficient (Wildman–Crippen LogP) is 3.66. The van der Waals surface area contributed by atoms with Gasteiger partial charge in [-0.25, -0.2) is 5.43 Å². The van der Waals surface area contributed by atoms with Crippen LogP contribution < -0.4 is 14.9 Å². The Morgan fingerprint density at radius 1 is 1.14 bits per heavy atom. The van der Waals surface area contributed by atoms with E-state index in [1.165, 1.54) is 18.3 Å². The molecule has 3 aromatic rings. The number of furan rings is 1. The molecule has 9 nitrogen and oxygen atoms in total. The number of carbonyl (C=O) groups is 1. The van der Waals surface area contributed by atoms with Gasteiger partial charge in [-0.3, -0.25) is 14.9 Å². The average molecular weight is 393 g/mol. The van der Waals surface area contributed by atoms with E-state index in [-0.39, 0.29) is 12.5 Å². The highest BCUT2D eigenvalue weighted by Crippen LogP contribution is 2.32. The summed E-state index contributed by atoms with van der Waals surface area (Å²) in [5.74, 6) is 1.53. The molecule has 0 saturated carbocycles. The van der Waals surface area contributed by atoms with E-state index in [2.05, 4.69) is 10.5 Å². The van der Waals surface area contributed by atoms with E-state index in [0.717, 1.165) is 5.56 Å². The first-order valence-electron chi connectivity index (χ1n) is 8.59. The lowest BCUT2D eigenvalue weighted by molar-refractivity contribution is -0.384. The summed E-state index contributed by atoms with van der Waals surface area (Å²) >= 11 is 0. The SMILES string of the molecule is Cc1ccc([N+](=O)[O-])cc1-c1ccc(C=NNC(=O)c2ccc3c(c2)OCO3)o1. The summed E-state index contributed by atoms with van der Waals surface area (Å²) in [6.07, 6.45) is 1.35. The summed E-state index contributed by atoms with van der Waals surface area (Å²) in [5.41, 5.74) is 4.21. The molecule has 0 fully saturated rings. The number of hydrazone groups is 1. The van der Waals surface area contributed by atoms with Crippen LogP contribution in [0.3, 0.4) is 0 Å². The van der Waals surface area contributed by atoms with Crippen molar-refractivity contribution in [2.45, 2.75) is 6.92 Å². The molecule has 4 rings (SSSR count). The van der Waals surface area contributed by atoms with E-state index >= 15 is 0 Å². The van der Waals surface area contributed by atoms with Gasteiger partial charge in [-0.2, -0.15) is 5.10 Å². The number of rotatable bonds is 5. The van der Waals surface area contributed by atoms with Crippen molar-refractivity contribution in [1.82, 2.24) is 5.43 Å².